The molecule has 0 bridgehead atoms. The van der Waals surface area contributed by atoms with Crippen LogP contribution in [0.1, 0.15) is 82.3 Å². The lowest BCUT2D eigenvalue weighted by molar-refractivity contribution is -0.117. The molecule has 2 rings (SSSR count). The Hall–Kier alpha value is -1.23. The average Bonchev–Trinajstić information content (AvgIpc) is 2.96. The summed E-state index contributed by atoms with van der Waals surface area (Å²) in [7, 11) is 0. The third-order valence-electron chi connectivity index (χ3n) is 4.44. The van der Waals surface area contributed by atoms with E-state index in [1.54, 1.807) is 6.92 Å². The molecule has 0 radical (unpaired) electrons. The van der Waals surface area contributed by atoms with Crippen LogP contribution in [0.15, 0.2) is 4.52 Å². The second kappa shape index (κ2) is 8.27. The predicted octanol–water partition coefficient (Wildman–Crippen LogP) is 3.34. The molecule has 0 saturated heterocycles. The van der Waals surface area contributed by atoms with Crippen molar-refractivity contribution < 1.29 is 9.32 Å². The summed E-state index contributed by atoms with van der Waals surface area (Å²) in [4.78, 5) is 15.7. The molecule has 5 nitrogen and oxygen atoms in total. The van der Waals surface area contributed by atoms with Crippen LogP contribution in [0.25, 0.3) is 0 Å². The first-order valence-corrected chi connectivity index (χ1v) is 8.21. The van der Waals surface area contributed by atoms with Gasteiger partial charge in [-0.15, -0.1) is 0 Å². The van der Waals surface area contributed by atoms with E-state index in [9.17, 15) is 4.79 Å². The zero-order valence-corrected chi connectivity index (χ0v) is 13.0. The molecule has 1 fully saturated rings. The van der Waals surface area contributed by atoms with Crippen LogP contribution in [0, 0.1) is 5.92 Å². The second-order valence-electron chi connectivity index (χ2n) is 6.29. The molecule has 21 heavy (non-hydrogen) atoms. The molecule has 0 aliphatic heterocycles. The Balaban J connectivity index is 1.85. The minimum Gasteiger partial charge on any atom is -0.339 e. The van der Waals surface area contributed by atoms with Crippen molar-refractivity contribution in [2.45, 2.75) is 77.2 Å². The van der Waals surface area contributed by atoms with Crippen molar-refractivity contribution in [1.29, 1.82) is 0 Å². The summed E-state index contributed by atoms with van der Waals surface area (Å²) in [5.74, 6) is 2.20. The van der Waals surface area contributed by atoms with Crippen molar-refractivity contribution in [1.82, 2.24) is 10.1 Å². The summed E-state index contributed by atoms with van der Waals surface area (Å²) >= 11 is 0. The van der Waals surface area contributed by atoms with Gasteiger partial charge in [-0.25, -0.2) is 0 Å². The zero-order valence-electron chi connectivity index (χ0n) is 13.0. The maximum atomic E-state index is 11.5. The van der Waals surface area contributed by atoms with Crippen molar-refractivity contribution in [2.24, 2.45) is 11.7 Å². The van der Waals surface area contributed by atoms with Crippen LogP contribution in [-0.4, -0.2) is 15.9 Å². The number of Topliss-reactive ketones (excluding diaryl/α,β-unsaturated/α-hetero) is 1. The molecule has 1 atom stereocenters. The fourth-order valence-electron chi connectivity index (χ4n) is 3.30. The molecule has 1 aliphatic rings. The number of ketones is 1. The molecule has 0 amide bonds. The van der Waals surface area contributed by atoms with Gasteiger partial charge in [0.1, 0.15) is 5.78 Å². The number of hydrogen-bond donors (Lipinski definition) is 1. The maximum Gasteiger partial charge on any atom is 0.230 e. The Morgan fingerprint density at radius 3 is 2.76 bits per heavy atom. The molecule has 0 spiro atoms. The minimum atomic E-state index is 0.0545. The van der Waals surface area contributed by atoms with Crippen LogP contribution in [0.4, 0.5) is 0 Å². The van der Waals surface area contributed by atoms with Gasteiger partial charge < -0.3 is 15.1 Å². The molecule has 1 aromatic heterocycles. The lowest BCUT2D eigenvalue weighted by Gasteiger charge is -2.22. The minimum absolute atomic E-state index is 0.0545. The van der Waals surface area contributed by atoms with E-state index in [1.165, 1.54) is 38.5 Å². The molecule has 1 aromatic rings. The lowest BCUT2D eigenvalue weighted by atomic mass is 9.84. The molecule has 0 aromatic carbocycles. The Labute approximate surface area is 126 Å². The van der Waals surface area contributed by atoms with Gasteiger partial charge >= 0.3 is 0 Å². The number of nitrogens with zero attached hydrogens (tertiary/aromatic N) is 2. The smallest absolute Gasteiger partial charge is 0.230 e. The fraction of sp³-hybridized carbons (Fsp3) is 0.812. The van der Waals surface area contributed by atoms with E-state index >= 15 is 0 Å². The maximum absolute atomic E-state index is 11.5. The zero-order chi connectivity index (χ0) is 15.1. The van der Waals surface area contributed by atoms with E-state index < -0.39 is 0 Å². The summed E-state index contributed by atoms with van der Waals surface area (Å²) in [5.41, 5.74) is 5.51. The monoisotopic (exact) mass is 293 g/mol. The van der Waals surface area contributed by atoms with Gasteiger partial charge in [-0.1, -0.05) is 50.1 Å². The van der Waals surface area contributed by atoms with Crippen LogP contribution >= 0.6 is 0 Å². The highest BCUT2D eigenvalue weighted by atomic mass is 16.5. The van der Waals surface area contributed by atoms with Gasteiger partial charge in [0.15, 0.2) is 5.82 Å². The average molecular weight is 293 g/mol. The first-order chi connectivity index (χ1) is 10.2. The Morgan fingerprint density at radius 2 is 2.14 bits per heavy atom. The lowest BCUT2D eigenvalue weighted by Crippen LogP contribution is -2.09. The van der Waals surface area contributed by atoms with Crippen LogP contribution in [-0.2, 0) is 11.3 Å². The van der Waals surface area contributed by atoms with Crippen molar-refractivity contribution in [3.8, 4) is 0 Å². The highest BCUT2D eigenvalue weighted by Crippen LogP contribution is 2.31. The van der Waals surface area contributed by atoms with Crippen LogP contribution < -0.4 is 5.73 Å². The second-order valence-corrected chi connectivity index (χ2v) is 6.29. The molecule has 2 N–H and O–H groups in total. The third kappa shape index (κ3) is 5.23. The van der Waals surface area contributed by atoms with Gasteiger partial charge in [0, 0.05) is 12.3 Å². The van der Waals surface area contributed by atoms with E-state index in [1.807, 2.05) is 0 Å². The van der Waals surface area contributed by atoms with E-state index in [4.69, 9.17) is 10.3 Å². The summed E-state index contributed by atoms with van der Waals surface area (Å²) in [6, 6.07) is 0. The third-order valence-corrected chi connectivity index (χ3v) is 4.44. The van der Waals surface area contributed by atoms with Crippen molar-refractivity contribution in [3.63, 3.8) is 0 Å². The van der Waals surface area contributed by atoms with Crippen LogP contribution in [0.3, 0.4) is 0 Å². The van der Waals surface area contributed by atoms with Gasteiger partial charge in [-0.3, -0.25) is 0 Å². The van der Waals surface area contributed by atoms with E-state index in [0.29, 0.717) is 18.1 Å². The molecule has 5 heteroatoms. The standard InChI is InChI=1S/C16H27N3O2/c1-12(20)10-14(16-18-15(11-17)19-21-16)9-5-8-13-6-3-2-4-7-13/h13-14H,2-11,17H2,1H3. The summed E-state index contributed by atoms with van der Waals surface area (Å²) in [5, 5.41) is 3.84. The van der Waals surface area contributed by atoms with Crippen LogP contribution in [0.2, 0.25) is 0 Å². The van der Waals surface area contributed by atoms with Crippen molar-refractivity contribution in [3.05, 3.63) is 11.7 Å². The molecule has 1 heterocycles. The number of hydrogen-bond acceptors (Lipinski definition) is 5. The molecule has 1 aliphatic carbocycles. The predicted molar refractivity (Wildman–Crippen MR) is 80.7 cm³/mol. The number of aromatic nitrogens is 2. The fourth-order valence-corrected chi connectivity index (χ4v) is 3.30. The number of nitrogens with two attached hydrogens (primary N) is 1. The molecule has 118 valence electrons. The molecular formula is C16H27N3O2. The van der Waals surface area contributed by atoms with Gasteiger partial charge in [0.25, 0.3) is 0 Å². The normalized spacial score (nSPS) is 17.8. The van der Waals surface area contributed by atoms with Crippen LogP contribution in [0.5, 0.6) is 0 Å². The summed E-state index contributed by atoms with van der Waals surface area (Å²) in [6.07, 6.45) is 10.7. The molecule has 1 unspecified atom stereocenters. The number of carbonyl (C=O) groups excluding carboxylic acids is 1. The first-order valence-electron chi connectivity index (χ1n) is 8.21. The van der Waals surface area contributed by atoms with E-state index in [-0.39, 0.29) is 18.2 Å². The summed E-state index contributed by atoms with van der Waals surface area (Å²) in [6.45, 7) is 1.90. The Kier molecular flexibility index (Phi) is 6.36. The Bertz CT molecular complexity index is 438. The van der Waals surface area contributed by atoms with Gasteiger partial charge in [0.2, 0.25) is 5.89 Å². The van der Waals surface area contributed by atoms with E-state index in [2.05, 4.69) is 10.1 Å². The quantitative estimate of drug-likeness (QED) is 0.795. The molecule has 1 saturated carbocycles. The first kappa shape index (κ1) is 16.1. The van der Waals surface area contributed by atoms with Gasteiger partial charge in [-0.05, 0) is 19.3 Å². The largest absolute Gasteiger partial charge is 0.339 e. The highest BCUT2D eigenvalue weighted by Gasteiger charge is 2.21. The van der Waals surface area contributed by atoms with E-state index in [0.717, 1.165) is 18.8 Å². The van der Waals surface area contributed by atoms with Crippen molar-refractivity contribution >= 4 is 5.78 Å². The Morgan fingerprint density at radius 1 is 1.38 bits per heavy atom. The highest BCUT2D eigenvalue weighted by molar-refractivity contribution is 5.76. The number of carbonyl (C=O) groups is 1. The SMILES string of the molecule is CC(=O)CC(CCCC1CCCCC1)c1nc(CN)no1. The van der Waals surface area contributed by atoms with Crippen molar-refractivity contribution in [2.75, 3.05) is 0 Å². The number of rotatable bonds is 8. The molecular weight excluding hydrogens is 266 g/mol. The van der Waals surface area contributed by atoms with Gasteiger partial charge in [0.05, 0.1) is 6.54 Å². The summed E-state index contributed by atoms with van der Waals surface area (Å²) < 4.78 is 5.27. The topological polar surface area (TPSA) is 82.0 Å². The van der Waals surface area contributed by atoms with Gasteiger partial charge in [-0.2, -0.15) is 4.98 Å².